The van der Waals surface area contributed by atoms with Crippen LogP contribution >= 0.6 is 11.6 Å². The van der Waals surface area contributed by atoms with E-state index in [4.69, 9.17) is 22.2 Å². The molecule has 0 fully saturated rings. The number of nitrogens with one attached hydrogen (secondary N) is 1. The van der Waals surface area contributed by atoms with Gasteiger partial charge in [-0.05, 0) is 31.0 Å². The molecule has 3 N–H and O–H groups in total. The summed E-state index contributed by atoms with van der Waals surface area (Å²) in [7, 11) is 0. The Labute approximate surface area is 99.7 Å². The van der Waals surface area contributed by atoms with Gasteiger partial charge in [0.1, 0.15) is 5.75 Å². The molecule has 0 aliphatic heterocycles. The second-order valence-corrected chi connectivity index (χ2v) is 3.67. The van der Waals surface area contributed by atoms with Crippen LogP contribution in [0.1, 0.15) is 18.9 Å². The summed E-state index contributed by atoms with van der Waals surface area (Å²) in [6.07, 6.45) is 0.954. The van der Waals surface area contributed by atoms with Gasteiger partial charge in [0.05, 0.1) is 11.6 Å². The van der Waals surface area contributed by atoms with Crippen LogP contribution in [0.3, 0.4) is 0 Å². The SMILES string of the molecule is CCOc1ccc(CCC(=O)NN)cc1Cl. The van der Waals surface area contributed by atoms with Crippen LogP contribution in [0.15, 0.2) is 18.2 Å². The first kappa shape index (κ1) is 12.8. The number of aryl methyl sites for hydroxylation is 1. The molecule has 0 heterocycles. The first-order chi connectivity index (χ1) is 7.67. The topological polar surface area (TPSA) is 64.3 Å². The molecule has 0 saturated carbocycles. The normalized spacial score (nSPS) is 9.94. The predicted molar refractivity (Wildman–Crippen MR) is 63.3 cm³/mol. The smallest absolute Gasteiger partial charge is 0.234 e. The molecular formula is C11H15ClN2O2. The van der Waals surface area contributed by atoms with Crippen molar-refractivity contribution in [3.05, 3.63) is 28.8 Å². The molecule has 1 aromatic carbocycles. The van der Waals surface area contributed by atoms with E-state index in [0.29, 0.717) is 30.2 Å². The van der Waals surface area contributed by atoms with Crippen LogP contribution in [0.4, 0.5) is 0 Å². The van der Waals surface area contributed by atoms with Crippen molar-refractivity contribution in [2.24, 2.45) is 5.84 Å². The maximum Gasteiger partial charge on any atom is 0.234 e. The highest BCUT2D eigenvalue weighted by Gasteiger charge is 2.04. The third-order valence-corrected chi connectivity index (χ3v) is 2.39. The van der Waals surface area contributed by atoms with E-state index in [1.165, 1.54) is 0 Å². The quantitative estimate of drug-likeness (QED) is 0.469. The summed E-state index contributed by atoms with van der Waals surface area (Å²) in [5, 5.41) is 0.563. The number of nitrogens with two attached hydrogens (primary N) is 1. The van der Waals surface area contributed by atoms with Gasteiger partial charge in [-0.25, -0.2) is 5.84 Å². The van der Waals surface area contributed by atoms with Crippen LogP contribution in [0.25, 0.3) is 0 Å². The molecular weight excluding hydrogens is 228 g/mol. The molecule has 4 nitrogen and oxygen atoms in total. The number of benzene rings is 1. The van der Waals surface area contributed by atoms with Gasteiger partial charge in [0.15, 0.2) is 0 Å². The van der Waals surface area contributed by atoms with Gasteiger partial charge in [0.25, 0.3) is 0 Å². The highest BCUT2D eigenvalue weighted by Crippen LogP contribution is 2.25. The average molecular weight is 243 g/mol. The average Bonchev–Trinajstić information content (AvgIpc) is 2.29. The van der Waals surface area contributed by atoms with Gasteiger partial charge in [-0.3, -0.25) is 10.2 Å². The van der Waals surface area contributed by atoms with E-state index in [9.17, 15) is 4.79 Å². The molecule has 88 valence electrons. The van der Waals surface area contributed by atoms with Gasteiger partial charge in [0.2, 0.25) is 5.91 Å². The molecule has 0 atom stereocenters. The Morgan fingerprint density at radius 1 is 1.56 bits per heavy atom. The number of carbonyl (C=O) groups is 1. The van der Waals surface area contributed by atoms with Crippen molar-refractivity contribution in [1.82, 2.24) is 5.43 Å². The summed E-state index contributed by atoms with van der Waals surface area (Å²) in [6.45, 7) is 2.48. The maximum absolute atomic E-state index is 10.9. The van der Waals surface area contributed by atoms with Crippen LogP contribution in [0.5, 0.6) is 5.75 Å². The van der Waals surface area contributed by atoms with Crippen molar-refractivity contribution in [2.45, 2.75) is 19.8 Å². The van der Waals surface area contributed by atoms with E-state index in [-0.39, 0.29) is 5.91 Å². The lowest BCUT2D eigenvalue weighted by atomic mass is 10.1. The summed E-state index contributed by atoms with van der Waals surface area (Å²) in [5.41, 5.74) is 3.07. The Bertz CT molecular complexity index is 369. The van der Waals surface area contributed by atoms with Crippen LogP contribution in [-0.2, 0) is 11.2 Å². The highest BCUT2D eigenvalue weighted by atomic mass is 35.5. The number of hydrogen-bond donors (Lipinski definition) is 2. The number of carbonyl (C=O) groups excluding carboxylic acids is 1. The lowest BCUT2D eigenvalue weighted by molar-refractivity contribution is -0.121. The first-order valence-corrected chi connectivity index (χ1v) is 5.45. The number of amides is 1. The molecule has 0 saturated heterocycles. The Morgan fingerprint density at radius 2 is 2.31 bits per heavy atom. The Balaban J connectivity index is 2.62. The fourth-order valence-electron chi connectivity index (χ4n) is 1.30. The van der Waals surface area contributed by atoms with Crippen LogP contribution in [-0.4, -0.2) is 12.5 Å². The number of hydrazine groups is 1. The fourth-order valence-corrected chi connectivity index (χ4v) is 1.56. The van der Waals surface area contributed by atoms with E-state index in [2.05, 4.69) is 5.43 Å². The Hall–Kier alpha value is -1.26. The lowest BCUT2D eigenvalue weighted by Gasteiger charge is -2.07. The summed E-state index contributed by atoms with van der Waals surface area (Å²) in [6, 6.07) is 5.50. The number of rotatable bonds is 5. The summed E-state index contributed by atoms with van der Waals surface area (Å²) in [5.74, 6) is 5.46. The van der Waals surface area contributed by atoms with Crippen molar-refractivity contribution in [1.29, 1.82) is 0 Å². The first-order valence-electron chi connectivity index (χ1n) is 5.08. The Morgan fingerprint density at radius 3 is 2.88 bits per heavy atom. The fraction of sp³-hybridized carbons (Fsp3) is 0.364. The van der Waals surface area contributed by atoms with E-state index in [1.807, 2.05) is 19.1 Å². The molecule has 0 radical (unpaired) electrons. The highest BCUT2D eigenvalue weighted by molar-refractivity contribution is 6.32. The molecule has 1 aromatic rings. The molecule has 0 aromatic heterocycles. The molecule has 1 rings (SSSR count). The van der Waals surface area contributed by atoms with E-state index >= 15 is 0 Å². The van der Waals surface area contributed by atoms with E-state index in [1.54, 1.807) is 6.07 Å². The molecule has 16 heavy (non-hydrogen) atoms. The molecule has 0 aliphatic rings. The second kappa shape index (κ2) is 6.35. The van der Waals surface area contributed by atoms with Gasteiger partial charge < -0.3 is 4.74 Å². The van der Waals surface area contributed by atoms with Gasteiger partial charge in [-0.15, -0.1) is 0 Å². The van der Waals surface area contributed by atoms with Crippen LogP contribution in [0, 0.1) is 0 Å². The van der Waals surface area contributed by atoms with E-state index < -0.39 is 0 Å². The predicted octanol–water partition coefficient (Wildman–Crippen LogP) is 1.66. The maximum atomic E-state index is 10.9. The minimum absolute atomic E-state index is 0.190. The van der Waals surface area contributed by atoms with Gasteiger partial charge in [-0.2, -0.15) is 0 Å². The molecule has 0 bridgehead atoms. The second-order valence-electron chi connectivity index (χ2n) is 3.27. The largest absolute Gasteiger partial charge is 0.492 e. The summed E-state index contributed by atoms with van der Waals surface area (Å²) >= 11 is 6.01. The van der Waals surface area contributed by atoms with Gasteiger partial charge in [0, 0.05) is 6.42 Å². The molecule has 5 heteroatoms. The molecule has 1 amide bonds. The van der Waals surface area contributed by atoms with Crippen molar-refractivity contribution in [3.63, 3.8) is 0 Å². The zero-order valence-corrected chi connectivity index (χ0v) is 9.88. The van der Waals surface area contributed by atoms with Crippen molar-refractivity contribution >= 4 is 17.5 Å². The van der Waals surface area contributed by atoms with Crippen LogP contribution in [0.2, 0.25) is 5.02 Å². The minimum atomic E-state index is -0.190. The molecule has 0 unspecified atom stereocenters. The van der Waals surface area contributed by atoms with E-state index in [0.717, 1.165) is 5.56 Å². The zero-order chi connectivity index (χ0) is 12.0. The summed E-state index contributed by atoms with van der Waals surface area (Å²) < 4.78 is 5.31. The lowest BCUT2D eigenvalue weighted by Crippen LogP contribution is -2.30. The van der Waals surface area contributed by atoms with Crippen molar-refractivity contribution in [3.8, 4) is 5.75 Å². The summed E-state index contributed by atoms with van der Waals surface area (Å²) in [4.78, 5) is 10.9. The Kier molecular flexibility index (Phi) is 5.08. The minimum Gasteiger partial charge on any atom is -0.492 e. The molecule has 0 aliphatic carbocycles. The number of hydrogen-bond acceptors (Lipinski definition) is 3. The van der Waals surface area contributed by atoms with Crippen molar-refractivity contribution in [2.75, 3.05) is 6.61 Å². The monoisotopic (exact) mass is 242 g/mol. The van der Waals surface area contributed by atoms with Crippen molar-refractivity contribution < 1.29 is 9.53 Å². The van der Waals surface area contributed by atoms with Crippen LogP contribution < -0.4 is 16.0 Å². The molecule has 0 spiro atoms. The van der Waals surface area contributed by atoms with Gasteiger partial charge >= 0.3 is 0 Å². The number of halogens is 1. The third kappa shape index (κ3) is 3.72. The third-order valence-electron chi connectivity index (χ3n) is 2.10. The zero-order valence-electron chi connectivity index (χ0n) is 9.13. The standard InChI is InChI=1S/C11H15ClN2O2/c1-2-16-10-5-3-8(7-9(10)12)4-6-11(15)14-13/h3,5,7H,2,4,6,13H2,1H3,(H,14,15). The number of ether oxygens (including phenoxy) is 1. The van der Waals surface area contributed by atoms with Gasteiger partial charge in [-0.1, -0.05) is 17.7 Å².